The monoisotopic (exact) mass is 413 g/mol. The number of carbonyl (C=O) groups is 1. The van der Waals surface area contributed by atoms with Crippen molar-refractivity contribution >= 4 is 17.6 Å². The van der Waals surface area contributed by atoms with Crippen molar-refractivity contribution in [3.8, 4) is 5.75 Å². The highest BCUT2D eigenvalue weighted by Gasteiger charge is 2.19. The SMILES string of the molecule is CN=C(NCCc1ccc(OCC(N)=O)cc1)N1CCN(c2ccc(F)cc2)CC1. The Morgan fingerprint density at radius 2 is 1.77 bits per heavy atom. The number of ether oxygens (including phenoxy) is 1. The number of benzene rings is 2. The summed E-state index contributed by atoms with van der Waals surface area (Å²) in [5.74, 6) is 0.804. The zero-order valence-electron chi connectivity index (χ0n) is 17.2. The number of aliphatic imine (C=N–C) groups is 1. The van der Waals surface area contributed by atoms with Crippen LogP contribution in [0.3, 0.4) is 0 Å². The van der Waals surface area contributed by atoms with Crippen molar-refractivity contribution in [1.82, 2.24) is 10.2 Å². The number of nitrogens with one attached hydrogen (secondary N) is 1. The molecular formula is C22H28FN5O2. The third kappa shape index (κ3) is 6.10. The minimum Gasteiger partial charge on any atom is -0.484 e. The summed E-state index contributed by atoms with van der Waals surface area (Å²) in [6, 6.07) is 14.3. The van der Waals surface area contributed by atoms with E-state index in [1.54, 1.807) is 7.05 Å². The van der Waals surface area contributed by atoms with Gasteiger partial charge in [-0.2, -0.15) is 0 Å². The molecule has 1 saturated heterocycles. The lowest BCUT2D eigenvalue weighted by Crippen LogP contribution is -2.52. The zero-order chi connectivity index (χ0) is 21.3. The van der Waals surface area contributed by atoms with Gasteiger partial charge in [-0.1, -0.05) is 12.1 Å². The second kappa shape index (κ2) is 10.5. The van der Waals surface area contributed by atoms with Gasteiger partial charge in [0, 0.05) is 45.5 Å². The van der Waals surface area contributed by atoms with Gasteiger partial charge >= 0.3 is 0 Å². The second-order valence-electron chi connectivity index (χ2n) is 7.07. The predicted octanol–water partition coefficient (Wildman–Crippen LogP) is 1.63. The largest absolute Gasteiger partial charge is 0.484 e. The van der Waals surface area contributed by atoms with E-state index in [1.807, 2.05) is 36.4 Å². The van der Waals surface area contributed by atoms with Gasteiger partial charge in [0.15, 0.2) is 12.6 Å². The first kappa shape index (κ1) is 21.4. The molecule has 0 atom stereocenters. The normalized spacial score (nSPS) is 14.5. The van der Waals surface area contributed by atoms with Gasteiger partial charge in [-0.3, -0.25) is 9.79 Å². The molecule has 1 fully saturated rings. The fraction of sp³-hybridized carbons (Fsp3) is 0.364. The molecule has 0 aromatic heterocycles. The topological polar surface area (TPSA) is 83.2 Å². The smallest absolute Gasteiger partial charge is 0.255 e. The van der Waals surface area contributed by atoms with Crippen molar-refractivity contribution in [3.63, 3.8) is 0 Å². The average molecular weight is 413 g/mol. The van der Waals surface area contributed by atoms with Crippen LogP contribution < -0.4 is 20.7 Å². The Morgan fingerprint density at radius 1 is 1.10 bits per heavy atom. The lowest BCUT2D eigenvalue weighted by molar-refractivity contribution is -0.119. The molecule has 160 valence electrons. The molecule has 1 heterocycles. The quantitative estimate of drug-likeness (QED) is 0.533. The molecule has 0 aliphatic carbocycles. The Labute approximate surface area is 176 Å². The van der Waals surface area contributed by atoms with Crippen LogP contribution in [0.5, 0.6) is 5.75 Å². The molecule has 3 N–H and O–H groups in total. The first-order valence-electron chi connectivity index (χ1n) is 10.0. The Morgan fingerprint density at radius 3 is 2.37 bits per heavy atom. The van der Waals surface area contributed by atoms with Gasteiger partial charge in [-0.05, 0) is 48.4 Å². The third-order valence-electron chi connectivity index (χ3n) is 4.98. The summed E-state index contributed by atoms with van der Waals surface area (Å²) in [5.41, 5.74) is 7.28. The highest BCUT2D eigenvalue weighted by Crippen LogP contribution is 2.17. The average Bonchev–Trinajstić information content (AvgIpc) is 2.77. The molecule has 0 radical (unpaired) electrons. The second-order valence-corrected chi connectivity index (χ2v) is 7.07. The fourth-order valence-electron chi connectivity index (χ4n) is 3.39. The van der Waals surface area contributed by atoms with E-state index in [9.17, 15) is 9.18 Å². The van der Waals surface area contributed by atoms with Crippen molar-refractivity contribution in [2.75, 3.05) is 51.3 Å². The fourth-order valence-corrected chi connectivity index (χ4v) is 3.39. The lowest BCUT2D eigenvalue weighted by Gasteiger charge is -2.37. The summed E-state index contributed by atoms with van der Waals surface area (Å²) in [6.45, 7) is 4.06. The third-order valence-corrected chi connectivity index (χ3v) is 4.98. The molecular weight excluding hydrogens is 385 g/mol. The maximum Gasteiger partial charge on any atom is 0.255 e. The minimum atomic E-state index is -0.492. The molecule has 30 heavy (non-hydrogen) atoms. The number of amides is 1. The number of nitrogens with zero attached hydrogens (tertiary/aromatic N) is 3. The van der Waals surface area contributed by atoms with Gasteiger partial charge in [-0.25, -0.2) is 4.39 Å². The Balaban J connectivity index is 1.43. The van der Waals surface area contributed by atoms with E-state index in [-0.39, 0.29) is 12.4 Å². The number of carbonyl (C=O) groups excluding carboxylic acids is 1. The molecule has 1 amide bonds. The predicted molar refractivity (Wildman–Crippen MR) is 116 cm³/mol. The number of piperazine rings is 1. The number of primary amides is 1. The van der Waals surface area contributed by atoms with Gasteiger partial charge in [0.25, 0.3) is 5.91 Å². The highest BCUT2D eigenvalue weighted by atomic mass is 19.1. The maximum atomic E-state index is 13.1. The van der Waals surface area contributed by atoms with Crippen LogP contribution in [0.2, 0.25) is 0 Å². The van der Waals surface area contributed by atoms with Gasteiger partial charge in [0.2, 0.25) is 0 Å². The summed E-state index contributed by atoms with van der Waals surface area (Å²) in [6.07, 6.45) is 0.838. The molecule has 2 aromatic rings. The molecule has 3 rings (SSSR count). The molecule has 0 saturated carbocycles. The van der Waals surface area contributed by atoms with Crippen LogP contribution >= 0.6 is 0 Å². The Hall–Kier alpha value is -3.29. The molecule has 2 aromatic carbocycles. The molecule has 7 nitrogen and oxygen atoms in total. The number of hydrogen-bond donors (Lipinski definition) is 2. The number of rotatable bonds is 7. The molecule has 1 aliphatic rings. The van der Waals surface area contributed by atoms with Crippen molar-refractivity contribution in [2.24, 2.45) is 10.7 Å². The molecule has 0 bridgehead atoms. The van der Waals surface area contributed by atoms with Crippen molar-refractivity contribution in [2.45, 2.75) is 6.42 Å². The van der Waals surface area contributed by atoms with Crippen LogP contribution in [-0.4, -0.2) is 63.1 Å². The van der Waals surface area contributed by atoms with Crippen LogP contribution in [0, 0.1) is 5.82 Å². The van der Waals surface area contributed by atoms with Gasteiger partial charge in [0.1, 0.15) is 11.6 Å². The Bertz CT molecular complexity index is 847. The number of nitrogens with two attached hydrogens (primary N) is 1. The van der Waals surface area contributed by atoms with Crippen LogP contribution in [0.1, 0.15) is 5.56 Å². The van der Waals surface area contributed by atoms with Gasteiger partial charge in [0.05, 0.1) is 0 Å². The first-order valence-corrected chi connectivity index (χ1v) is 10.0. The minimum absolute atomic E-state index is 0.119. The highest BCUT2D eigenvalue weighted by molar-refractivity contribution is 5.80. The van der Waals surface area contributed by atoms with E-state index in [0.717, 1.165) is 56.4 Å². The molecule has 0 unspecified atom stereocenters. The molecule has 1 aliphatic heterocycles. The summed E-state index contributed by atoms with van der Waals surface area (Å²) in [7, 11) is 1.79. The van der Waals surface area contributed by atoms with E-state index >= 15 is 0 Å². The van der Waals surface area contributed by atoms with E-state index in [0.29, 0.717) is 5.75 Å². The van der Waals surface area contributed by atoms with Crippen LogP contribution in [0.25, 0.3) is 0 Å². The Kier molecular flexibility index (Phi) is 7.48. The first-order chi connectivity index (χ1) is 14.5. The summed E-state index contributed by atoms with van der Waals surface area (Å²) in [4.78, 5) is 19.7. The number of hydrogen-bond acceptors (Lipinski definition) is 4. The van der Waals surface area contributed by atoms with Crippen LogP contribution in [0.4, 0.5) is 10.1 Å². The van der Waals surface area contributed by atoms with E-state index < -0.39 is 5.91 Å². The summed E-state index contributed by atoms with van der Waals surface area (Å²) < 4.78 is 18.4. The number of guanidine groups is 1. The van der Waals surface area contributed by atoms with Gasteiger partial charge < -0.3 is 25.6 Å². The number of anilines is 1. The van der Waals surface area contributed by atoms with Crippen molar-refractivity contribution in [3.05, 3.63) is 59.9 Å². The van der Waals surface area contributed by atoms with Crippen LogP contribution in [-0.2, 0) is 11.2 Å². The lowest BCUT2D eigenvalue weighted by atomic mass is 10.1. The zero-order valence-corrected chi connectivity index (χ0v) is 17.2. The maximum absolute atomic E-state index is 13.1. The standard InChI is InChI=1S/C22H28FN5O2/c1-25-22(26-11-10-17-2-8-20(9-3-17)30-16-21(24)29)28-14-12-27(13-15-28)19-6-4-18(23)5-7-19/h2-9H,10-16H2,1H3,(H2,24,29)(H,25,26). The van der Waals surface area contributed by atoms with E-state index in [1.165, 1.54) is 12.1 Å². The van der Waals surface area contributed by atoms with Gasteiger partial charge in [-0.15, -0.1) is 0 Å². The van der Waals surface area contributed by atoms with E-state index in [4.69, 9.17) is 10.5 Å². The summed E-state index contributed by atoms with van der Waals surface area (Å²) in [5, 5.41) is 3.42. The van der Waals surface area contributed by atoms with E-state index in [2.05, 4.69) is 20.1 Å². The number of halogens is 1. The van der Waals surface area contributed by atoms with Crippen molar-refractivity contribution in [1.29, 1.82) is 0 Å². The summed E-state index contributed by atoms with van der Waals surface area (Å²) >= 11 is 0. The molecule has 0 spiro atoms. The van der Waals surface area contributed by atoms with Crippen LogP contribution in [0.15, 0.2) is 53.5 Å². The molecule has 8 heteroatoms. The van der Waals surface area contributed by atoms with Crippen molar-refractivity contribution < 1.29 is 13.9 Å².